The van der Waals surface area contributed by atoms with Crippen molar-refractivity contribution in [2.24, 2.45) is 0 Å². The van der Waals surface area contributed by atoms with E-state index in [1.807, 2.05) is 4.90 Å². The third kappa shape index (κ3) is 3.93. The quantitative estimate of drug-likeness (QED) is 0.927. The monoisotopic (exact) mass is 316 g/mol. The molecule has 2 fully saturated rings. The van der Waals surface area contributed by atoms with Crippen molar-refractivity contribution in [2.45, 2.75) is 57.7 Å². The van der Waals surface area contributed by atoms with Crippen molar-refractivity contribution in [2.75, 3.05) is 19.7 Å². The van der Waals surface area contributed by atoms with Crippen molar-refractivity contribution in [3.05, 3.63) is 35.4 Å². The summed E-state index contributed by atoms with van der Waals surface area (Å²) in [6.07, 6.45) is 4.84. The molecule has 1 aromatic rings. The number of hydrogen-bond acceptors (Lipinski definition) is 3. The number of carbonyl (C=O) groups excluding carboxylic acids is 1. The lowest BCUT2D eigenvalue weighted by atomic mass is 10.1. The molecule has 0 spiro atoms. The first-order chi connectivity index (χ1) is 11.2. The number of amides is 1. The second kappa shape index (κ2) is 7.45. The van der Waals surface area contributed by atoms with E-state index < -0.39 is 0 Å². The van der Waals surface area contributed by atoms with Gasteiger partial charge in [-0.2, -0.15) is 0 Å². The Morgan fingerprint density at radius 3 is 2.87 bits per heavy atom. The highest BCUT2D eigenvalue weighted by atomic mass is 16.3. The smallest absolute Gasteiger partial charge is 0.222 e. The molecule has 1 amide bonds. The number of nitrogens with zero attached hydrogens (tertiary/aromatic N) is 2. The zero-order chi connectivity index (χ0) is 16.2. The first kappa shape index (κ1) is 16.5. The second-order valence-electron chi connectivity index (χ2n) is 7.00. The van der Waals surface area contributed by atoms with Gasteiger partial charge < -0.3 is 10.0 Å². The Morgan fingerprint density at radius 2 is 2.09 bits per heavy atom. The molecule has 0 aromatic heterocycles. The molecule has 2 aliphatic rings. The van der Waals surface area contributed by atoms with E-state index in [4.69, 9.17) is 0 Å². The van der Waals surface area contributed by atoms with Crippen molar-refractivity contribution >= 4 is 5.91 Å². The van der Waals surface area contributed by atoms with Crippen molar-refractivity contribution in [3.8, 4) is 0 Å². The Bertz CT molecular complexity index is 546. The van der Waals surface area contributed by atoms with Gasteiger partial charge in [0.2, 0.25) is 5.91 Å². The summed E-state index contributed by atoms with van der Waals surface area (Å²) in [7, 11) is 0. The van der Waals surface area contributed by atoms with Crippen LogP contribution in [0.4, 0.5) is 0 Å². The van der Waals surface area contributed by atoms with Crippen LogP contribution in [0.5, 0.6) is 0 Å². The van der Waals surface area contributed by atoms with Crippen LogP contribution in [0.25, 0.3) is 0 Å². The fourth-order valence-corrected chi connectivity index (χ4v) is 4.09. The van der Waals surface area contributed by atoms with Crippen molar-refractivity contribution in [1.29, 1.82) is 0 Å². The SMILES string of the molecule is Cc1cccc(CN2CCC(N3CCC[C@H]3CO)CCC2=O)c1. The maximum atomic E-state index is 12.5. The number of aliphatic hydroxyl groups excluding tert-OH is 1. The molecule has 1 N–H and O–H groups in total. The van der Waals surface area contributed by atoms with E-state index in [0.29, 0.717) is 18.5 Å². The minimum Gasteiger partial charge on any atom is -0.395 e. The van der Waals surface area contributed by atoms with Gasteiger partial charge >= 0.3 is 0 Å². The van der Waals surface area contributed by atoms with Crippen LogP contribution in [0.2, 0.25) is 0 Å². The summed E-state index contributed by atoms with van der Waals surface area (Å²) in [4.78, 5) is 16.9. The van der Waals surface area contributed by atoms with Crippen LogP contribution in [-0.4, -0.2) is 52.6 Å². The molecule has 1 aromatic carbocycles. The average molecular weight is 316 g/mol. The number of hydrogen-bond donors (Lipinski definition) is 1. The van der Waals surface area contributed by atoms with Crippen molar-refractivity contribution < 1.29 is 9.90 Å². The Labute approximate surface area is 139 Å². The summed E-state index contributed by atoms with van der Waals surface area (Å²) < 4.78 is 0. The van der Waals surface area contributed by atoms with E-state index in [-0.39, 0.29) is 12.5 Å². The second-order valence-corrected chi connectivity index (χ2v) is 7.00. The van der Waals surface area contributed by atoms with Crippen molar-refractivity contribution in [3.63, 3.8) is 0 Å². The molecule has 1 unspecified atom stereocenters. The van der Waals surface area contributed by atoms with Crippen LogP contribution in [0.15, 0.2) is 24.3 Å². The number of rotatable bonds is 4. The molecule has 2 aliphatic heterocycles. The minimum absolute atomic E-state index is 0.247. The third-order valence-electron chi connectivity index (χ3n) is 5.33. The maximum Gasteiger partial charge on any atom is 0.222 e. The van der Waals surface area contributed by atoms with Crippen LogP contribution >= 0.6 is 0 Å². The number of likely N-dealkylation sites (tertiary alicyclic amines) is 2. The Hall–Kier alpha value is -1.39. The van der Waals surface area contributed by atoms with Gasteiger partial charge in [0, 0.05) is 31.6 Å². The highest BCUT2D eigenvalue weighted by Crippen LogP contribution is 2.26. The average Bonchev–Trinajstić information content (AvgIpc) is 2.94. The highest BCUT2D eigenvalue weighted by Gasteiger charge is 2.32. The molecule has 0 radical (unpaired) electrons. The predicted octanol–water partition coefficient (Wildman–Crippen LogP) is 2.33. The van der Waals surface area contributed by atoms with Gasteiger partial charge in [-0.15, -0.1) is 0 Å². The molecule has 23 heavy (non-hydrogen) atoms. The molecule has 4 nitrogen and oxygen atoms in total. The molecule has 0 bridgehead atoms. The van der Waals surface area contributed by atoms with E-state index in [9.17, 15) is 9.90 Å². The zero-order valence-electron chi connectivity index (χ0n) is 14.1. The van der Waals surface area contributed by atoms with Crippen LogP contribution in [-0.2, 0) is 11.3 Å². The van der Waals surface area contributed by atoms with Gasteiger partial charge in [-0.3, -0.25) is 9.69 Å². The lowest BCUT2D eigenvalue weighted by Crippen LogP contribution is -2.41. The number of aryl methyl sites for hydroxylation is 1. The number of carbonyl (C=O) groups is 1. The molecule has 126 valence electrons. The van der Waals surface area contributed by atoms with Crippen LogP contribution in [0.3, 0.4) is 0 Å². The summed E-state index contributed by atoms with van der Waals surface area (Å²) in [6, 6.07) is 9.17. The third-order valence-corrected chi connectivity index (χ3v) is 5.33. The zero-order valence-corrected chi connectivity index (χ0v) is 14.1. The lowest BCUT2D eigenvalue weighted by Gasteiger charge is -2.31. The molecule has 0 aliphatic carbocycles. The summed E-state index contributed by atoms with van der Waals surface area (Å²) in [5.41, 5.74) is 2.46. The fraction of sp³-hybridized carbons (Fsp3) is 0.632. The van der Waals surface area contributed by atoms with Gasteiger partial charge in [0.1, 0.15) is 0 Å². The van der Waals surface area contributed by atoms with Crippen LogP contribution in [0, 0.1) is 6.92 Å². The van der Waals surface area contributed by atoms with Gasteiger partial charge in [-0.05, 0) is 44.7 Å². The number of benzene rings is 1. The Morgan fingerprint density at radius 1 is 1.22 bits per heavy atom. The standard InChI is InChI=1S/C19H28N2O2/c1-15-4-2-5-16(12-15)13-20-11-9-17(7-8-19(20)23)21-10-3-6-18(21)14-22/h2,4-5,12,17-18,22H,3,6-11,13-14H2,1H3/t17?,18-/m0/s1. The molecule has 2 atom stereocenters. The normalized spacial score (nSPS) is 26.5. The molecule has 3 rings (SSSR count). The van der Waals surface area contributed by atoms with E-state index in [2.05, 4.69) is 36.1 Å². The van der Waals surface area contributed by atoms with Crippen molar-refractivity contribution in [1.82, 2.24) is 9.80 Å². The summed E-state index contributed by atoms with van der Waals surface area (Å²) in [5, 5.41) is 9.54. The van der Waals surface area contributed by atoms with Gasteiger partial charge in [0.05, 0.1) is 6.61 Å². The molecule has 0 saturated carbocycles. The largest absolute Gasteiger partial charge is 0.395 e. The van der Waals surface area contributed by atoms with E-state index in [1.54, 1.807) is 0 Å². The Kier molecular flexibility index (Phi) is 5.34. The molecule has 4 heteroatoms. The van der Waals surface area contributed by atoms with Gasteiger partial charge in [-0.25, -0.2) is 0 Å². The summed E-state index contributed by atoms with van der Waals surface area (Å²) >= 11 is 0. The Balaban J connectivity index is 1.63. The van der Waals surface area contributed by atoms with E-state index in [1.165, 1.54) is 17.5 Å². The van der Waals surface area contributed by atoms with Gasteiger partial charge in [0.15, 0.2) is 0 Å². The van der Waals surface area contributed by atoms with E-state index in [0.717, 1.165) is 38.9 Å². The summed E-state index contributed by atoms with van der Waals surface area (Å²) in [5.74, 6) is 0.272. The molecular formula is C19H28N2O2. The predicted molar refractivity (Wildman–Crippen MR) is 91.0 cm³/mol. The van der Waals surface area contributed by atoms with Crippen LogP contribution in [0.1, 0.15) is 43.2 Å². The van der Waals surface area contributed by atoms with Gasteiger partial charge in [0.25, 0.3) is 0 Å². The first-order valence-corrected chi connectivity index (χ1v) is 8.87. The maximum absolute atomic E-state index is 12.5. The topological polar surface area (TPSA) is 43.8 Å². The minimum atomic E-state index is 0.247. The van der Waals surface area contributed by atoms with E-state index >= 15 is 0 Å². The van der Waals surface area contributed by atoms with Gasteiger partial charge in [-0.1, -0.05) is 29.8 Å². The number of aliphatic hydroxyl groups is 1. The molecular weight excluding hydrogens is 288 g/mol. The van der Waals surface area contributed by atoms with Crippen LogP contribution < -0.4 is 0 Å². The first-order valence-electron chi connectivity index (χ1n) is 8.87. The highest BCUT2D eigenvalue weighted by molar-refractivity contribution is 5.76. The molecule has 2 saturated heterocycles. The summed E-state index contributed by atoms with van der Waals surface area (Å²) in [6.45, 7) is 4.95. The lowest BCUT2D eigenvalue weighted by molar-refractivity contribution is -0.131. The molecule has 2 heterocycles. The fourth-order valence-electron chi connectivity index (χ4n) is 4.09.